The highest BCUT2D eigenvalue weighted by atomic mass is 32.1. The molecule has 0 fully saturated rings. The Hall–Kier alpha value is -0.610. The minimum atomic E-state index is -0.0994. The first-order valence-electron chi connectivity index (χ1n) is 3.95. The largest absolute Gasteiger partial charge is 0.355 e. The van der Waals surface area contributed by atoms with Gasteiger partial charge in [0.25, 0.3) is 0 Å². The summed E-state index contributed by atoms with van der Waals surface area (Å²) in [6, 6.07) is 0.0985. The summed E-state index contributed by atoms with van der Waals surface area (Å²) in [5, 5.41) is 6.15. The normalized spacial score (nSPS) is 14.3. The van der Waals surface area contributed by atoms with Crippen LogP contribution in [0.3, 0.4) is 0 Å². The second-order valence-electron chi connectivity index (χ2n) is 3.47. The summed E-state index contributed by atoms with van der Waals surface area (Å²) in [6.45, 7) is 6.12. The fourth-order valence-electron chi connectivity index (χ4n) is 0.675. The van der Waals surface area contributed by atoms with Crippen LogP contribution in [0, 0.1) is 0 Å². The van der Waals surface area contributed by atoms with Crippen molar-refractivity contribution in [3.63, 3.8) is 0 Å². The molecule has 1 unspecified atom stereocenters. The van der Waals surface area contributed by atoms with Gasteiger partial charge >= 0.3 is 0 Å². The van der Waals surface area contributed by atoms with E-state index < -0.39 is 0 Å². The van der Waals surface area contributed by atoms with Gasteiger partial charge in [-0.25, -0.2) is 4.98 Å². The Morgan fingerprint density at radius 1 is 1.67 bits per heavy atom. The third-order valence-corrected chi connectivity index (χ3v) is 2.69. The SMILES string of the molecule is CC(N)C(C)(C)Nc1nccs1. The van der Waals surface area contributed by atoms with Gasteiger partial charge < -0.3 is 11.1 Å². The number of rotatable bonds is 3. The first-order valence-corrected chi connectivity index (χ1v) is 4.83. The van der Waals surface area contributed by atoms with Crippen molar-refractivity contribution in [2.45, 2.75) is 32.4 Å². The van der Waals surface area contributed by atoms with E-state index in [0.29, 0.717) is 0 Å². The maximum absolute atomic E-state index is 5.80. The molecule has 68 valence electrons. The highest BCUT2D eigenvalue weighted by Gasteiger charge is 2.22. The van der Waals surface area contributed by atoms with Crippen LogP contribution in [-0.4, -0.2) is 16.6 Å². The van der Waals surface area contributed by atoms with E-state index in [0.717, 1.165) is 5.13 Å². The minimum absolute atomic E-state index is 0.0985. The Kier molecular flexibility index (Phi) is 2.69. The van der Waals surface area contributed by atoms with E-state index in [4.69, 9.17) is 5.73 Å². The Morgan fingerprint density at radius 2 is 2.33 bits per heavy atom. The van der Waals surface area contributed by atoms with Crippen LogP contribution in [0.15, 0.2) is 11.6 Å². The van der Waals surface area contributed by atoms with Crippen molar-refractivity contribution < 1.29 is 0 Å². The van der Waals surface area contributed by atoms with E-state index >= 15 is 0 Å². The van der Waals surface area contributed by atoms with Crippen LogP contribution in [0.4, 0.5) is 5.13 Å². The van der Waals surface area contributed by atoms with Gasteiger partial charge in [0.2, 0.25) is 0 Å². The predicted molar refractivity (Wildman–Crippen MR) is 53.5 cm³/mol. The molecule has 0 amide bonds. The average Bonchev–Trinajstić information content (AvgIpc) is 2.38. The van der Waals surface area contributed by atoms with Gasteiger partial charge in [0.1, 0.15) is 0 Å². The van der Waals surface area contributed by atoms with Gasteiger partial charge in [0, 0.05) is 23.2 Å². The first-order chi connectivity index (χ1) is 5.52. The van der Waals surface area contributed by atoms with Crippen LogP contribution >= 0.6 is 11.3 Å². The summed E-state index contributed by atoms with van der Waals surface area (Å²) in [5.74, 6) is 0. The van der Waals surface area contributed by atoms with Crippen LogP contribution in [-0.2, 0) is 0 Å². The zero-order valence-corrected chi connectivity index (χ0v) is 8.48. The number of hydrogen-bond donors (Lipinski definition) is 2. The molecule has 0 saturated heterocycles. The second kappa shape index (κ2) is 3.41. The molecule has 0 saturated carbocycles. The van der Waals surface area contributed by atoms with E-state index in [1.807, 2.05) is 12.3 Å². The maximum atomic E-state index is 5.80. The third kappa shape index (κ3) is 2.19. The van der Waals surface area contributed by atoms with Crippen LogP contribution in [0.1, 0.15) is 20.8 Å². The van der Waals surface area contributed by atoms with Gasteiger partial charge in [-0.2, -0.15) is 0 Å². The summed E-state index contributed by atoms with van der Waals surface area (Å²) < 4.78 is 0. The average molecular weight is 185 g/mol. The fourth-order valence-corrected chi connectivity index (χ4v) is 1.37. The quantitative estimate of drug-likeness (QED) is 0.753. The minimum Gasteiger partial charge on any atom is -0.355 e. The summed E-state index contributed by atoms with van der Waals surface area (Å²) >= 11 is 1.59. The van der Waals surface area contributed by atoms with E-state index in [9.17, 15) is 0 Å². The van der Waals surface area contributed by atoms with Crippen LogP contribution < -0.4 is 11.1 Å². The summed E-state index contributed by atoms with van der Waals surface area (Å²) in [4.78, 5) is 4.14. The van der Waals surface area contributed by atoms with Gasteiger partial charge in [-0.1, -0.05) is 0 Å². The van der Waals surface area contributed by atoms with Crippen molar-refractivity contribution >= 4 is 16.5 Å². The lowest BCUT2D eigenvalue weighted by molar-refractivity contribution is 0.470. The molecule has 1 aromatic heterocycles. The molecule has 4 heteroatoms. The molecule has 1 aromatic rings. The van der Waals surface area contributed by atoms with Crippen LogP contribution in [0.25, 0.3) is 0 Å². The lowest BCUT2D eigenvalue weighted by atomic mass is 9.97. The van der Waals surface area contributed by atoms with Crippen LogP contribution in [0.5, 0.6) is 0 Å². The Bertz CT molecular complexity index is 228. The summed E-state index contributed by atoms with van der Waals surface area (Å²) in [7, 11) is 0. The van der Waals surface area contributed by atoms with Gasteiger partial charge in [-0.05, 0) is 20.8 Å². The highest BCUT2D eigenvalue weighted by Crippen LogP contribution is 2.18. The van der Waals surface area contributed by atoms with E-state index in [-0.39, 0.29) is 11.6 Å². The van der Waals surface area contributed by atoms with Crippen LogP contribution in [0.2, 0.25) is 0 Å². The number of hydrogen-bond acceptors (Lipinski definition) is 4. The molecule has 1 rings (SSSR count). The number of thiazole rings is 1. The Morgan fingerprint density at radius 3 is 2.75 bits per heavy atom. The number of nitrogens with one attached hydrogen (secondary N) is 1. The zero-order chi connectivity index (χ0) is 9.19. The van der Waals surface area contributed by atoms with E-state index in [1.165, 1.54) is 0 Å². The number of nitrogens with zero attached hydrogens (tertiary/aromatic N) is 1. The molecule has 0 spiro atoms. The standard InChI is InChI=1S/C8H15N3S/c1-6(9)8(2,3)11-7-10-4-5-12-7/h4-6H,9H2,1-3H3,(H,10,11). The van der Waals surface area contributed by atoms with Crippen molar-refractivity contribution in [1.29, 1.82) is 0 Å². The molecule has 0 aliphatic heterocycles. The molecule has 12 heavy (non-hydrogen) atoms. The smallest absolute Gasteiger partial charge is 0.183 e. The summed E-state index contributed by atoms with van der Waals surface area (Å²) in [5.41, 5.74) is 5.70. The topological polar surface area (TPSA) is 50.9 Å². The molecule has 1 heterocycles. The molecule has 0 aliphatic rings. The molecule has 1 atom stereocenters. The van der Waals surface area contributed by atoms with Crippen molar-refractivity contribution in [2.75, 3.05) is 5.32 Å². The second-order valence-corrected chi connectivity index (χ2v) is 4.37. The monoisotopic (exact) mass is 185 g/mol. The molecule has 0 radical (unpaired) electrons. The van der Waals surface area contributed by atoms with Gasteiger partial charge in [0.05, 0.1) is 0 Å². The van der Waals surface area contributed by atoms with E-state index in [2.05, 4.69) is 24.1 Å². The van der Waals surface area contributed by atoms with Crippen molar-refractivity contribution in [3.8, 4) is 0 Å². The zero-order valence-electron chi connectivity index (χ0n) is 7.66. The van der Waals surface area contributed by atoms with Gasteiger partial charge in [-0.15, -0.1) is 11.3 Å². The van der Waals surface area contributed by atoms with Crippen molar-refractivity contribution in [2.24, 2.45) is 5.73 Å². The number of anilines is 1. The van der Waals surface area contributed by atoms with E-state index in [1.54, 1.807) is 17.5 Å². The molecule has 0 aromatic carbocycles. The van der Waals surface area contributed by atoms with Crippen molar-refractivity contribution in [3.05, 3.63) is 11.6 Å². The Balaban J connectivity index is 2.62. The summed E-state index contributed by atoms with van der Waals surface area (Å²) in [6.07, 6.45) is 1.78. The maximum Gasteiger partial charge on any atom is 0.183 e. The first kappa shape index (κ1) is 9.48. The molecule has 3 nitrogen and oxygen atoms in total. The fraction of sp³-hybridized carbons (Fsp3) is 0.625. The van der Waals surface area contributed by atoms with Crippen molar-refractivity contribution in [1.82, 2.24) is 4.98 Å². The van der Waals surface area contributed by atoms with Gasteiger partial charge in [-0.3, -0.25) is 0 Å². The Labute approximate surface area is 77.0 Å². The number of aromatic nitrogens is 1. The predicted octanol–water partition coefficient (Wildman–Crippen LogP) is 1.68. The molecular weight excluding hydrogens is 170 g/mol. The molecule has 3 N–H and O–H groups in total. The third-order valence-electron chi connectivity index (χ3n) is 2.00. The lowest BCUT2D eigenvalue weighted by Crippen LogP contribution is -2.47. The molecule has 0 aliphatic carbocycles. The van der Waals surface area contributed by atoms with Gasteiger partial charge in [0.15, 0.2) is 5.13 Å². The lowest BCUT2D eigenvalue weighted by Gasteiger charge is -2.29. The highest BCUT2D eigenvalue weighted by molar-refractivity contribution is 7.13. The molecular formula is C8H15N3S. The molecule has 0 bridgehead atoms. The number of nitrogens with two attached hydrogens (primary N) is 1.